The van der Waals surface area contributed by atoms with Gasteiger partial charge in [0.25, 0.3) is 0 Å². The summed E-state index contributed by atoms with van der Waals surface area (Å²) in [6.45, 7) is 6.15. The Morgan fingerprint density at radius 1 is 1.25 bits per heavy atom. The van der Waals surface area contributed by atoms with E-state index in [0.29, 0.717) is 0 Å². The number of rotatable bonds is 2. The van der Waals surface area contributed by atoms with Gasteiger partial charge in [0.2, 0.25) is 0 Å². The molecule has 2 nitrogen and oxygen atoms in total. The molecule has 3 heteroatoms. The zero-order valence-electron chi connectivity index (χ0n) is 8.04. The molecule has 0 aliphatic carbocycles. The SMILES string of the molecule is CC.CCCc1ccnnc1.[U]. The molecule has 12 heavy (non-hydrogen) atoms. The second-order valence-electron chi connectivity index (χ2n) is 2.00. The molecular weight excluding hydrogens is 374 g/mol. The van der Waals surface area contributed by atoms with Gasteiger partial charge < -0.3 is 0 Å². The number of aromatic nitrogens is 2. The van der Waals surface area contributed by atoms with Crippen molar-refractivity contribution in [3.05, 3.63) is 24.0 Å². The molecule has 0 N–H and O–H groups in total. The Morgan fingerprint density at radius 2 is 1.92 bits per heavy atom. The standard InChI is InChI=1S/C7H10N2.C2H6.U/c1-2-3-7-4-5-8-9-6-7;1-2;/h4-6H,2-3H2,1H3;1-2H3;. The van der Waals surface area contributed by atoms with Crippen LogP contribution < -0.4 is 0 Å². The molecule has 0 unspecified atom stereocenters. The van der Waals surface area contributed by atoms with Crippen LogP contribution in [-0.2, 0) is 6.42 Å². The van der Waals surface area contributed by atoms with Crippen LogP contribution in [0.4, 0.5) is 0 Å². The molecule has 0 saturated carbocycles. The fourth-order valence-corrected chi connectivity index (χ4v) is 0.755. The molecule has 1 rings (SSSR count). The van der Waals surface area contributed by atoms with E-state index >= 15 is 0 Å². The van der Waals surface area contributed by atoms with Crippen molar-refractivity contribution in [2.75, 3.05) is 0 Å². The van der Waals surface area contributed by atoms with Crippen LogP contribution in [0.15, 0.2) is 18.5 Å². The maximum absolute atomic E-state index is 3.75. The van der Waals surface area contributed by atoms with Crippen molar-refractivity contribution in [1.82, 2.24) is 10.2 Å². The summed E-state index contributed by atoms with van der Waals surface area (Å²) in [5, 5.41) is 7.43. The van der Waals surface area contributed by atoms with Crippen molar-refractivity contribution < 1.29 is 31.1 Å². The van der Waals surface area contributed by atoms with Crippen LogP contribution in [0.3, 0.4) is 0 Å². The van der Waals surface area contributed by atoms with Gasteiger partial charge in [0.1, 0.15) is 0 Å². The van der Waals surface area contributed by atoms with E-state index in [1.165, 1.54) is 12.0 Å². The first-order valence-corrected chi connectivity index (χ1v) is 4.19. The molecule has 0 bridgehead atoms. The van der Waals surface area contributed by atoms with E-state index in [1.807, 2.05) is 26.1 Å². The van der Waals surface area contributed by atoms with E-state index < -0.39 is 0 Å². The average molecular weight is 390 g/mol. The Kier molecular flexibility index (Phi) is 13.6. The molecule has 1 aromatic rings. The minimum absolute atomic E-state index is 0. The summed E-state index contributed by atoms with van der Waals surface area (Å²) < 4.78 is 0. The van der Waals surface area contributed by atoms with Gasteiger partial charge in [-0.2, -0.15) is 10.2 Å². The summed E-state index contributed by atoms with van der Waals surface area (Å²) in [6, 6.07) is 2.00. The molecule has 0 aromatic carbocycles. The molecule has 1 heterocycles. The maximum atomic E-state index is 3.75. The molecule has 0 amide bonds. The largest absolute Gasteiger partial charge is 0.159 e. The number of hydrogen-bond acceptors (Lipinski definition) is 2. The van der Waals surface area contributed by atoms with Gasteiger partial charge in [-0.15, -0.1) is 0 Å². The quantitative estimate of drug-likeness (QED) is 0.776. The fraction of sp³-hybridized carbons (Fsp3) is 0.556. The second-order valence-corrected chi connectivity index (χ2v) is 2.00. The zero-order chi connectivity index (χ0) is 8.53. The Bertz CT molecular complexity index is 165. The van der Waals surface area contributed by atoms with Gasteiger partial charge in [-0.05, 0) is 18.1 Å². The summed E-state index contributed by atoms with van der Waals surface area (Å²) in [7, 11) is 0. The van der Waals surface area contributed by atoms with Crippen LogP contribution in [0.25, 0.3) is 0 Å². The van der Waals surface area contributed by atoms with Crippen LogP contribution in [0.1, 0.15) is 32.8 Å². The van der Waals surface area contributed by atoms with Gasteiger partial charge in [0.15, 0.2) is 0 Å². The molecule has 0 aliphatic rings. The maximum Gasteiger partial charge on any atom is 0.0528 e. The molecule has 0 radical (unpaired) electrons. The van der Waals surface area contributed by atoms with Crippen LogP contribution >= 0.6 is 0 Å². The number of nitrogens with zero attached hydrogens (tertiary/aromatic N) is 2. The summed E-state index contributed by atoms with van der Waals surface area (Å²) in [5.41, 5.74) is 1.27. The van der Waals surface area contributed by atoms with E-state index in [1.54, 1.807) is 6.20 Å². The molecule has 0 atom stereocenters. The summed E-state index contributed by atoms with van der Waals surface area (Å²) in [5.74, 6) is 0. The first-order chi connectivity index (χ1) is 5.43. The summed E-state index contributed by atoms with van der Waals surface area (Å²) in [6.07, 6.45) is 5.82. The number of hydrogen-bond donors (Lipinski definition) is 0. The third kappa shape index (κ3) is 6.82. The minimum Gasteiger partial charge on any atom is -0.159 e. The predicted octanol–water partition coefficient (Wildman–Crippen LogP) is 2.46. The van der Waals surface area contributed by atoms with Gasteiger partial charge in [-0.3, -0.25) is 0 Å². The normalized spacial score (nSPS) is 7.58. The van der Waals surface area contributed by atoms with Crippen molar-refractivity contribution in [2.24, 2.45) is 0 Å². The van der Waals surface area contributed by atoms with Gasteiger partial charge >= 0.3 is 0 Å². The van der Waals surface area contributed by atoms with Gasteiger partial charge in [-0.25, -0.2) is 0 Å². The van der Waals surface area contributed by atoms with Crippen LogP contribution in [0, 0.1) is 31.1 Å². The fourth-order valence-electron chi connectivity index (χ4n) is 0.755. The summed E-state index contributed by atoms with van der Waals surface area (Å²) >= 11 is 0. The topological polar surface area (TPSA) is 25.8 Å². The second kappa shape index (κ2) is 11.1. The van der Waals surface area contributed by atoms with Crippen molar-refractivity contribution in [1.29, 1.82) is 0 Å². The first-order valence-electron chi connectivity index (χ1n) is 4.19. The van der Waals surface area contributed by atoms with Gasteiger partial charge in [-0.1, -0.05) is 27.2 Å². The monoisotopic (exact) mass is 390 g/mol. The molecule has 1 aromatic heterocycles. The predicted molar refractivity (Wildman–Crippen MR) is 47.4 cm³/mol. The van der Waals surface area contributed by atoms with E-state index in [2.05, 4.69) is 17.1 Å². The Hall–Kier alpha value is 0.132. The third-order valence-corrected chi connectivity index (χ3v) is 1.18. The molecule has 66 valence electrons. The van der Waals surface area contributed by atoms with E-state index in [-0.39, 0.29) is 31.1 Å². The molecular formula is C9H16N2U. The van der Waals surface area contributed by atoms with E-state index in [0.717, 1.165) is 6.42 Å². The average Bonchev–Trinajstić information content (AvgIpc) is 2.11. The van der Waals surface area contributed by atoms with Crippen LogP contribution in [0.5, 0.6) is 0 Å². The van der Waals surface area contributed by atoms with Crippen molar-refractivity contribution >= 4 is 0 Å². The zero-order valence-corrected chi connectivity index (χ0v) is 12.2. The van der Waals surface area contributed by atoms with Crippen LogP contribution in [0.2, 0.25) is 0 Å². The Morgan fingerprint density at radius 3 is 2.33 bits per heavy atom. The van der Waals surface area contributed by atoms with Crippen molar-refractivity contribution in [2.45, 2.75) is 33.6 Å². The van der Waals surface area contributed by atoms with Crippen molar-refractivity contribution in [3.8, 4) is 0 Å². The molecule has 0 saturated heterocycles. The molecule has 0 spiro atoms. The Balaban J connectivity index is 0. The Labute approximate surface area is 98.5 Å². The smallest absolute Gasteiger partial charge is 0.0528 e. The van der Waals surface area contributed by atoms with Gasteiger partial charge in [0, 0.05) is 37.3 Å². The minimum atomic E-state index is 0. The first kappa shape index (κ1) is 14.6. The number of aryl methyl sites for hydroxylation is 1. The molecule has 0 fully saturated rings. The van der Waals surface area contributed by atoms with Crippen LogP contribution in [-0.4, -0.2) is 10.2 Å². The van der Waals surface area contributed by atoms with Gasteiger partial charge in [0.05, 0.1) is 6.20 Å². The third-order valence-electron chi connectivity index (χ3n) is 1.18. The summed E-state index contributed by atoms with van der Waals surface area (Å²) in [4.78, 5) is 0. The van der Waals surface area contributed by atoms with E-state index in [4.69, 9.17) is 0 Å². The molecule has 0 aliphatic heterocycles. The van der Waals surface area contributed by atoms with E-state index in [9.17, 15) is 0 Å². The van der Waals surface area contributed by atoms with Crippen molar-refractivity contribution in [3.63, 3.8) is 0 Å².